The van der Waals surface area contributed by atoms with E-state index >= 15 is 0 Å². The van der Waals surface area contributed by atoms with E-state index < -0.39 is 28.8 Å². The van der Waals surface area contributed by atoms with Crippen LogP contribution in [0.2, 0.25) is 5.02 Å². The average Bonchev–Trinajstić information content (AvgIpc) is 3.06. The highest BCUT2D eigenvalue weighted by Gasteiger charge is 2.80. The Balaban J connectivity index is 1.04. The summed E-state index contributed by atoms with van der Waals surface area (Å²) in [7, 11) is 0. The molecule has 0 radical (unpaired) electrons. The molecule has 2 aromatic heterocycles. The van der Waals surface area contributed by atoms with Crippen LogP contribution in [0, 0.1) is 22.5 Å². The van der Waals surface area contributed by atoms with Gasteiger partial charge in [-0.15, -0.1) is 10.2 Å². The largest absolute Gasteiger partial charge is 0.394 e. The van der Waals surface area contributed by atoms with Crippen LogP contribution in [0.4, 0.5) is 33.7 Å². The first-order chi connectivity index (χ1) is 18.5. The molecule has 0 atom stereocenters. The van der Waals surface area contributed by atoms with Crippen molar-refractivity contribution in [3.63, 3.8) is 0 Å². The summed E-state index contributed by atoms with van der Waals surface area (Å²) in [5.41, 5.74) is -0.258. The fourth-order valence-corrected chi connectivity index (χ4v) is 7.75. The molecule has 0 N–H and O–H groups in total. The number of pyridine rings is 1. The van der Waals surface area contributed by atoms with Gasteiger partial charge in [-0.2, -0.15) is 13.2 Å². The number of rotatable bonds is 3. The molecule has 5 heterocycles. The monoisotopic (exact) mass is 563 g/mol. The number of aromatic nitrogens is 4. The topological polar surface area (TPSA) is 53.3 Å². The van der Waals surface area contributed by atoms with Crippen LogP contribution < -0.4 is 9.80 Å². The molecule has 204 valence electrons. The van der Waals surface area contributed by atoms with E-state index in [1.807, 2.05) is 21.6 Å². The molecule has 3 aliphatic carbocycles. The van der Waals surface area contributed by atoms with Crippen molar-refractivity contribution in [2.24, 2.45) is 10.8 Å². The zero-order valence-corrected chi connectivity index (χ0v) is 21.4. The smallest absolute Gasteiger partial charge is 0.353 e. The number of hydrogen-bond acceptors (Lipinski definition) is 6. The van der Waals surface area contributed by atoms with Crippen molar-refractivity contribution in [3.05, 3.63) is 58.5 Å². The van der Waals surface area contributed by atoms with Crippen LogP contribution in [-0.4, -0.2) is 62.5 Å². The van der Waals surface area contributed by atoms with Crippen molar-refractivity contribution in [3.8, 4) is 5.69 Å². The molecular weight excluding hydrogens is 541 g/mol. The van der Waals surface area contributed by atoms with Gasteiger partial charge >= 0.3 is 6.18 Å². The van der Waals surface area contributed by atoms with Gasteiger partial charge in [-0.1, -0.05) is 11.6 Å². The molecule has 7 nitrogen and oxygen atoms in total. The van der Waals surface area contributed by atoms with Gasteiger partial charge in [0.15, 0.2) is 17.5 Å². The van der Waals surface area contributed by atoms with E-state index in [4.69, 9.17) is 11.6 Å². The Hall–Kier alpha value is -2.99. The van der Waals surface area contributed by atoms with Gasteiger partial charge in [0.1, 0.15) is 5.82 Å². The predicted molar refractivity (Wildman–Crippen MR) is 132 cm³/mol. The lowest BCUT2D eigenvalue weighted by Crippen LogP contribution is -2.78. The van der Waals surface area contributed by atoms with Crippen LogP contribution in [0.3, 0.4) is 0 Å². The van der Waals surface area contributed by atoms with Gasteiger partial charge in [0.05, 0.1) is 23.8 Å². The molecule has 3 aliphatic heterocycles. The molecular formula is C26H23ClF5N7. The number of benzene rings is 1. The lowest BCUT2D eigenvalue weighted by Gasteiger charge is -2.73. The average molecular weight is 564 g/mol. The summed E-state index contributed by atoms with van der Waals surface area (Å²) in [5.74, 6) is 0.139. The van der Waals surface area contributed by atoms with Gasteiger partial charge in [-0.05, 0) is 43.0 Å². The highest BCUT2D eigenvalue weighted by Crippen LogP contribution is 2.75. The van der Waals surface area contributed by atoms with E-state index in [0.29, 0.717) is 56.1 Å². The molecule has 39 heavy (non-hydrogen) atoms. The van der Waals surface area contributed by atoms with Crippen LogP contribution in [-0.2, 0) is 13.1 Å². The van der Waals surface area contributed by atoms with Crippen LogP contribution in [0.15, 0.2) is 30.5 Å². The first-order valence-corrected chi connectivity index (χ1v) is 13.2. The van der Waals surface area contributed by atoms with E-state index in [1.165, 1.54) is 0 Å². The highest BCUT2D eigenvalue weighted by atomic mass is 35.5. The second-order valence-corrected chi connectivity index (χ2v) is 12.5. The lowest BCUT2D eigenvalue weighted by atomic mass is 9.38. The maximum Gasteiger partial charge on any atom is 0.394 e. The van der Waals surface area contributed by atoms with Crippen molar-refractivity contribution in [2.75, 3.05) is 36.0 Å². The molecule has 0 amide bonds. The quantitative estimate of drug-likeness (QED) is 0.430. The first kappa shape index (κ1) is 23.9. The summed E-state index contributed by atoms with van der Waals surface area (Å²) in [4.78, 5) is 9.96. The standard InChI is InChI=1S/C26H23ClF5N7/c27-16-1-2-19-15(3-16)6-38(25-8-24(9-25,10-25)26(30,31)32)7-20-34-35-22(39(19)20)37-13-23(14-37)11-36(12-23)21-18(29)4-17(28)5-33-21/h1-5H,6-14H2. The van der Waals surface area contributed by atoms with E-state index in [9.17, 15) is 22.0 Å². The van der Waals surface area contributed by atoms with Gasteiger partial charge in [0.2, 0.25) is 5.95 Å². The molecule has 2 saturated heterocycles. The van der Waals surface area contributed by atoms with Crippen LogP contribution >= 0.6 is 11.6 Å². The van der Waals surface area contributed by atoms with Crippen LogP contribution in [0.25, 0.3) is 5.69 Å². The van der Waals surface area contributed by atoms with Crippen molar-refractivity contribution in [1.29, 1.82) is 0 Å². The zero-order chi connectivity index (χ0) is 26.9. The van der Waals surface area contributed by atoms with E-state index in [0.717, 1.165) is 23.5 Å². The van der Waals surface area contributed by atoms with Crippen molar-refractivity contribution in [1.82, 2.24) is 24.6 Å². The lowest BCUT2D eigenvalue weighted by molar-refractivity contribution is -0.364. The molecule has 1 aromatic carbocycles. The van der Waals surface area contributed by atoms with E-state index in [2.05, 4.69) is 25.0 Å². The molecule has 2 bridgehead atoms. The summed E-state index contributed by atoms with van der Waals surface area (Å²) >= 11 is 6.35. The Kier molecular flexibility index (Phi) is 4.52. The third kappa shape index (κ3) is 3.21. The summed E-state index contributed by atoms with van der Waals surface area (Å²) < 4.78 is 70.1. The minimum Gasteiger partial charge on any atom is -0.353 e. The Morgan fingerprint density at radius 2 is 1.62 bits per heavy atom. The second-order valence-electron chi connectivity index (χ2n) is 12.1. The number of alkyl halides is 3. The van der Waals surface area contributed by atoms with Crippen molar-refractivity contribution in [2.45, 2.75) is 44.1 Å². The van der Waals surface area contributed by atoms with Gasteiger partial charge < -0.3 is 9.80 Å². The van der Waals surface area contributed by atoms with Gasteiger partial charge in [0.25, 0.3) is 0 Å². The Morgan fingerprint density at radius 1 is 0.897 bits per heavy atom. The summed E-state index contributed by atoms with van der Waals surface area (Å²) in [6, 6.07) is 6.43. The maximum atomic E-state index is 14.2. The third-order valence-corrected chi connectivity index (χ3v) is 9.67. The van der Waals surface area contributed by atoms with Gasteiger partial charge in [0, 0.05) is 54.8 Å². The Labute approximate surface area is 225 Å². The fourth-order valence-electron chi connectivity index (χ4n) is 7.56. The van der Waals surface area contributed by atoms with Crippen LogP contribution in [0.5, 0.6) is 0 Å². The number of halogens is 6. The summed E-state index contributed by atoms with van der Waals surface area (Å²) in [6.45, 7) is 3.47. The minimum absolute atomic E-state index is 0.0494. The molecule has 3 aromatic rings. The number of fused-ring (bicyclic) bond motifs is 3. The number of nitrogens with zero attached hydrogens (tertiary/aromatic N) is 7. The van der Waals surface area contributed by atoms with E-state index in [1.54, 1.807) is 6.07 Å². The fraction of sp³-hybridized carbons (Fsp3) is 0.500. The summed E-state index contributed by atoms with van der Waals surface area (Å²) in [5, 5.41) is 9.56. The second kappa shape index (κ2) is 7.39. The van der Waals surface area contributed by atoms with Gasteiger partial charge in [-0.3, -0.25) is 9.47 Å². The zero-order valence-electron chi connectivity index (χ0n) is 20.6. The molecule has 3 saturated carbocycles. The molecule has 0 unspecified atom stereocenters. The van der Waals surface area contributed by atoms with Crippen molar-refractivity contribution >= 4 is 23.4 Å². The molecule has 9 rings (SSSR count). The summed E-state index contributed by atoms with van der Waals surface area (Å²) in [6.07, 6.45) is -2.79. The van der Waals surface area contributed by atoms with Crippen LogP contribution in [0.1, 0.15) is 30.7 Å². The Bertz CT molecular complexity index is 1500. The number of anilines is 2. The normalized spacial score (nSPS) is 28.6. The maximum absolute atomic E-state index is 14.2. The van der Waals surface area contributed by atoms with E-state index in [-0.39, 0.29) is 30.5 Å². The predicted octanol–water partition coefficient (Wildman–Crippen LogP) is 4.72. The molecule has 5 fully saturated rings. The number of hydrogen-bond donors (Lipinski definition) is 0. The van der Waals surface area contributed by atoms with Gasteiger partial charge in [-0.25, -0.2) is 13.8 Å². The Morgan fingerprint density at radius 3 is 2.31 bits per heavy atom. The SMILES string of the molecule is Fc1cnc(N2CC3(C2)CN(c2nnc4n2-c2ccc(Cl)cc2CN(C25CC(C(F)(F)F)(C2)C5)C4)C3)c(F)c1. The molecule has 6 aliphatic rings. The molecule has 1 spiro atoms. The third-order valence-electron chi connectivity index (χ3n) is 9.44. The first-order valence-electron chi connectivity index (χ1n) is 12.8. The molecule has 13 heteroatoms. The van der Waals surface area contributed by atoms with Crippen molar-refractivity contribution < 1.29 is 22.0 Å². The highest BCUT2D eigenvalue weighted by molar-refractivity contribution is 6.30. The minimum atomic E-state index is -4.17.